The normalized spacial score (nSPS) is 18.3. The summed E-state index contributed by atoms with van der Waals surface area (Å²) in [5, 5.41) is 7.09. The van der Waals surface area contributed by atoms with E-state index in [1.54, 1.807) is 11.1 Å². The maximum Gasteiger partial charge on any atom is 0.00965 e. The lowest BCUT2D eigenvalue weighted by molar-refractivity contribution is 0.416. The summed E-state index contributed by atoms with van der Waals surface area (Å²) in [7, 11) is 0. The Labute approximate surface area is 111 Å². The Morgan fingerprint density at radius 3 is 2.67 bits per heavy atom. The van der Waals surface area contributed by atoms with Gasteiger partial charge in [-0.3, -0.25) is 0 Å². The van der Waals surface area contributed by atoms with Crippen LogP contribution in [-0.2, 0) is 6.42 Å². The molecule has 0 saturated carbocycles. The van der Waals surface area contributed by atoms with Crippen molar-refractivity contribution in [3.8, 4) is 0 Å². The molecule has 0 aliphatic heterocycles. The zero-order chi connectivity index (χ0) is 13.0. The lowest BCUT2D eigenvalue weighted by Crippen LogP contribution is -2.38. The van der Waals surface area contributed by atoms with E-state index in [-0.39, 0.29) is 5.54 Å². The lowest BCUT2D eigenvalue weighted by Gasteiger charge is -2.30. The van der Waals surface area contributed by atoms with Gasteiger partial charge in [0.25, 0.3) is 0 Å². The summed E-state index contributed by atoms with van der Waals surface area (Å²) in [4.78, 5) is 0. The van der Waals surface area contributed by atoms with Crippen LogP contribution in [0, 0.1) is 0 Å². The molecule has 0 radical (unpaired) electrons. The largest absolute Gasteiger partial charge is 0.316 e. The van der Waals surface area contributed by atoms with E-state index in [4.69, 9.17) is 0 Å². The van der Waals surface area contributed by atoms with Crippen molar-refractivity contribution in [2.75, 3.05) is 19.6 Å². The topological polar surface area (TPSA) is 24.1 Å². The van der Waals surface area contributed by atoms with Crippen LogP contribution in [-0.4, -0.2) is 25.2 Å². The molecule has 1 atom stereocenters. The number of benzene rings is 1. The second kappa shape index (κ2) is 5.85. The van der Waals surface area contributed by atoms with Crippen LogP contribution >= 0.6 is 0 Å². The maximum absolute atomic E-state index is 3.57. The Hall–Kier alpha value is -0.860. The standard InChI is InChI=1S/C16H26N2/c1-16(2,3)18-10-6-9-17-12-14-11-13-7-4-5-8-15(13)14/h4-5,7-8,14,17-18H,6,9-12H2,1-3H3. The molecule has 0 spiro atoms. The molecule has 0 aromatic heterocycles. The third kappa shape index (κ3) is 3.82. The summed E-state index contributed by atoms with van der Waals surface area (Å²) < 4.78 is 0. The number of hydrogen-bond acceptors (Lipinski definition) is 2. The Morgan fingerprint density at radius 2 is 1.94 bits per heavy atom. The highest BCUT2D eigenvalue weighted by Crippen LogP contribution is 2.33. The van der Waals surface area contributed by atoms with Crippen molar-refractivity contribution < 1.29 is 0 Å². The minimum atomic E-state index is 0.243. The molecule has 1 aliphatic carbocycles. The van der Waals surface area contributed by atoms with Gasteiger partial charge in [0.15, 0.2) is 0 Å². The molecule has 0 fully saturated rings. The van der Waals surface area contributed by atoms with Crippen molar-refractivity contribution in [2.24, 2.45) is 0 Å². The van der Waals surface area contributed by atoms with Gasteiger partial charge >= 0.3 is 0 Å². The van der Waals surface area contributed by atoms with Gasteiger partial charge in [-0.25, -0.2) is 0 Å². The highest BCUT2D eigenvalue weighted by atomic mass is 14.9. The van der Waals surface area contributed by atoms with Crippen LogP contribution in [0.25, 0.3) is 0 Å². The van der Waals surface area contributed by atoms with E-state index in [2.05, 4.69) is 55.7 Å². The van der Waals surface area contributed by atoms with Gasteiger partial charge in [-0.15, -0.1) is 0 Å². The summed E-state index contributed by atoms with van der Waals surface area (Å²) in [6.45, 7) is 9.98. The first-order valence-electron chi connectivity index (χ1n) is 7.10. The molecule has 1 aromatic rings. The van der Waals surface area contributed by atoms with E-state index in [1.165, 1.54) is 12.8 Å². The Kier molecular flexibility index (Phi) is 4.41. The third-order valence-electron chi connectivity index (χ3n) is 3.54. The summed E-state index contributed by atoms with van der Waals surface area (Å²) in [5.74, 6) is 0.747. The average Bonchev–Trinajstić information content (AvgIpc) is 2.27. The Balaban J connectivity index is 1.56. The molecule has 0 amide bonds. The van der Waals surface area contributed by atoms with E-state index >= 15 is 0 Å². The van der Waals surface area contributed by atoms with E-state index in [9.17, 15) is 0 Å². The molecular weight excluding hydrogens is 220 g/mol. The number of fused-ring (bicyclic) bond motifs is 1. The first kappa shape index (κ1) is 13.6. The summed E-state index contributed by atoms with van der Waals surface area (Å²) >= 11 is 0. The zero-order valence-corrected chi connectivity index (χ0v) is 11.9. The second-order valence-electron chi connectivity index (χ2n) is 6.33. The van der Waals surface area contributed by atoms with Gasteiger partial charge in [0.2, 0.25) is 0 Å². The first-order chi connectivity index (χ1) is 8.56. The fraction of sp³-hybridized carbons (Fsp3) is 0.625. The second-order valence-corrected chi connectivity index (χ2v) is 6.33. The number of rotatable bonds is 6. The van der Waals surface area contributed by atoms with E-state index in [0.717, 1.165) is 25.6 Å². The van der Waals surface area contributed by atoms with Gasteiger partial charge in [0, 0.05) is 18.0 Å². The quantitative estimate of drug-likeness (QED) is 0.754. The fourth-order valence-corrected chi connectivity index (χ4v) is 2.50. The van der Waals surface area contributed by atoms with Crippen molar-refractivity contribution in [3.63, 3.8) is 0 Å². The van der Waals surface area contributed by atoms with Crippen molar-refractivity contribution in [3.05, 3.63) is 35.4 Å². The molecule has 18 heavy (non-hydrogen) atoms. The molecule has 1 unspecified atom stereocenters. The van der Waals surface area contributed by atoms with Crippen molar-refractivity contribution >= 4 is 0 Å². The minimum Gasteiger partial charge on any atom is -0.316 e. The van der Waals surface area contributed by atoms with Crippen LogP contribution in [0.1, 0.15) is 44.2 Å². The van der Waals surface area contributed by atoms with Gasteiger partial charge < -0.3 is 10.6 Å². The molecule has 2 N–H and O–H groups in total. The van der Waals surface area contributed by atoms with Crippen LogP contribution in [0.4, 0.5) is 0 Å². The third-order valence-corrected chi connectivity index (χ3v) is 3.54. The molecule has 2 rings (SSSR count). The van der Waals surface area contributed by atoms with Crippen molar-refractivity contribution in [1.82, 2.24) is 10.6 Å². The van der Waals surface area contributed by atoms with Gasteiger partial charge in [-0.05, 0) is 57.8 Å². The van der Waals surface area contributed by atoms with Crippen LogP contribution in [0.5, 0.6) is 0 Å². The molecule has 1 aromatic carbocycles. The average molecular weight is 246 g/mol. The molecule has 100 valence electrons. The predicted molar refractivity (Wildman–Crippen MR) is 78.1 cm³/mol. The van der Waals surface area contributed by atoms with E-state index in [0.29, 0.717) is 0 Å². The van der Waals surface area contributed by atoms with E-state index < -0.39 is 0 Å². The summed E-state index contributed by atoms with van der Waals surface area (Å²) in [6.07, 6.45) is 2.45. The molecule has 0 heterocycles. The number of nitrogens with one attached hydrogen (secondary N) is 2. The molecule has 0 saturated heterocycles. The Bertz CT molecular complexity index is 379. The van der Waals surface area contributed by atoms with Gasteiger partial charge in [-0.2, -0.15) is 0 Å². The predicted octanol–water partition coefficient (Wildman–Crippen LogP) is 2.69. The lowest BCUT2D eigenvalue weighted by atomic mass is 9.77. The van der Waals surface area contributed by atoms with Gasteiger partial charge in [0.1, 0.15) is 0 Å². The van der Waals surface area contributed by atoms with Crippen LogP contribution in [0.2, 0.25) is 0 Å². The zero-order valence-electron chi connectivity index (χ0n) is 11.9. The Morgan fingerprint density at radius 1 is 1.17 bits per heavy atom. The monoisotopic (exact) mass is 246 g/mol. The number of hydrogen-bond donors (Lipinski definition) is 2. The highest BCUT2D eigenvalue weighted by Gasteiger charge is 2.24. The molecule has 1 aliphatic rings. The smallest absolute Gasteiger partial charge is 0.00965 e. The van der Waals surface area contributed by atoms with Crippen molar-refractivity contribution in [1.29, 1.82) is 0 Å². The first-order valence-corrected chi connectivity index (χ1v) is 7.10. The van der Waals surface area contributed by atoms with Crippen molar-refractivity contribution in [2.45, 2.75) is 45.1 Å². The van der Waals surface area contributed by atoms with Gasteiger partial charge in [-0.1, -0.05) is 24.3 Å². The van der Waals surface area contributed by atoms with Crippen LogP contribution in [0.15, 0.2) is 24.3 Å². The SMILES string of the molecule is CC(C)(C)NCCCNCC1Cc2ccccc21. The van der Waals surface area contributed by atoms with Crippen LogP contribution in [0.3, 0.4) is 0 Å². The maximum atomic E-state index is 3.57. The van der Waals surface area contributed by atoms with Crippen LogP contribution < -0.4 is 10.6 Å². The molecule has 0 bridgehead atoms. The molecule has 2 heteroatoms. The summed E-state index contributed by atoms with van der Waals surface area (Å²) in [6, 6.07) is 8.81. The van der Waals surface area contributed by atoms with E-state index in [1.807, 2.05) is 0 Å². The molecular formula is C16H26N2. The highest BCUT2D eigenvalue weighted by molar-refractivity contribution is 5.40. The summed E-state index contributed by atoms with van der Waals surface area (Å²) in [5.41, 5.74) is 3.34. The van der Waals surface area contributed by atoms with Gasteiger partial charge in [0.05, 0.1) is 0 Å². The fourth-order valence-electron chi connectivity index (χ4n) is 2.50. The minimum absolute atomic E-state index is 0.243. The molecule has 2 nitrogen and oxygen atoms in total.